The summed E-state index contributed by atoms with van der Waals surface area (Å²) < 4.78 is 2.84. The standard InChI is InChI=1S/C12H24Te/c1-2-3-11-13-12-9-7-5-4-6-8-10-12/h12H,2-11H2,1H3. The van der Waals surface area contributed by atoms with Crippen LogP contribution < -0.4 is 0 Å². The summed E-state index contributed by atoms with van der Waals surface area (Å²) in [6.45, 7) is 2.32. The zero-order valence-corrected chi connectivity index (χ0v) is 11.4. The molecule has 1 fully saturated rings. The fourth-order valence-electron chi connectivity index (χ4n) is 1.98. The number of hydrogen-bond donors (Lipinski definition) is 0. The first-order chi connectivity index (χ1) is 6.43. The second-order valence-electron chi connectivity index (χ2n) is 4.19. The van der Waals surface area contributed by atoms with E-state index in [4.69, 9.17) is 0 Å². The van der Waals surface area contributed by atoms with Gasteiger partial charge in [-0.15, -0.1) is 0 Å². The Hall–Kier alpha value is 0.790. The topological polar surface area (TPSA) is 0 Å². The minimum atomic E-state index is 0.394. The van der Waals surface area contributed by atoms with Crippen molar-refractivity contribution in [2.24, 2.45) is 0 Å². The first-order valence-electron chi connectivity index (χ1n) is 6.05. The SMILES string of the molecule is CCCC[Te]C1CCCCCCC1. The molecule has 0 bridgehead atoms. The van der Waals surface area contributed by atoms with Gasteiger partial charge in [-0.3, -0.25) is 0 Å². The predicted molar refractivity (Wildman–Crippen MR) is 61.5 cm³/mol. The van der Waals surface area contributed by atoms with E-state index in [1.165, 1.54) is 36.1 Å². The van der Waals surface area contributed by atoms with Gasteiger partial charge in [0, 0.05) is 0 Å². The van der Waals surface area contributed by atoms with Gasteiger partial charge < -0.3 is 0 Å². The van der Waals surface area contributed by atoms with Crippen LogP contribution in [0.4, 0.5) is 0 Å². The Kier molecular flexibility index (Phi) is 7.42. The van der Waals surface area contributed by atoms with Gasteiger partial charge in [0.15, 0.2) is 0 Å². The van der Waals surface area contributed by atoms with Crippen molar-refractivity contribution < 1.29 is 0 Å². The van der Waals surface area contributed by atoms with Crippen LogP contribution in [0.2, 0.25) is 8.43 Å². The van der Waals surface area contributed by atoms with Crippen LogP contribution in [0.1, 0.15) is 64.7 Å². The van der Waals surface area contributed by atoms with Crippen LogP contribution in [0.3, 0.4) is 0 Å². The summed E-state index contributed by atoms with van der Waals surface area (Å²) in [5.41, 5.74) is 0. The number of rotatable bonds is 4. The van der Waals surface area contributed by atoms with E-state index in [0.717, 1.165) is 0 Å². The molecule has 0 nitrogen and oxygen atoms in total. The van der Waals surface area contributed by atoms with Crippen LogP contribution in [-0.2, 0) is 0 Å². The molecule has 0 unspecified atom stereocenters. The minimum absolute atomic E-state index is 0.394. The van der Waals surface area contributed by atoms with Crippen LogP contribution in [-0.4, -0.2) is 20.9 Å². The van der Waals surface area contributed by atoms with Crippen LogP contribution in [0.5, 0.6) is 0 Å². The monoisotopic (exact) mass is 298 g/mol. The Bertz CT molecular complexity index is 104. The van der Waals surface area contributed by atoms with Crippen molar-refractivity contribution in [3.05, 3.63) is 0 Å². The molecular formula is C12H24Te. The van der Waals surface area contributed by atoms with Gasteiger partial charge >= 0.3 is 94.1 Å². The Balaban J connectivity index is 2.06. The van der Waals surface area contributed by atoms with Gasteiger partial charge in [0.2, 0.25) is 0 Å². The van der Waals surface area contributed by atoms with Crippen molar-refractivity contribution in [3.63, 3.8) is 0 Å². The summed E-state index contributed by atoms with van der Waals surface area (Å²) in [5, 5.41) is 0. The summed E-state index contributed by atoms with van der Waals surface area (Å²) >= 11 is 0.394. The van der Waals surface area contributed by atoms with Gasteiger partial charge in [0.25, 0.3) is 0 Å². The predicted octanol–water partition coefficient (Wildman–Crippen LogP) is 4.44. The molecule has 0 radical (unpaired) electrons. The van der Waals surface area contributed by atoms with Gasteiger partial charge in [-0.2, -0.15) is 0 Å². The fraction of sp³-hybridized carbons (Fsp3) is 1.00. The summed E-state index contributed by atoms with van der Waals surface area (Å²) in [6, 6.07) is 0. The third kappa shape index (κ3) is 5.97. The number of unbranched alkanes of at least 4 members (excludes halogenated alkanes) is 1. The average Bonchev–Trinajstić information content (AvgIpc) is 2.08. The molecule has 1 rings (SSSR count). The van der Waals surface area contributed by atoms with Crippen LogP contribution >= 0.6 is 0 Å². The van der Waals surface area contributed by atoms with Crippen molar-refractivity contribution in [1.29, 1.82) is 0 Å². The summed E-state index contributed by atoms with van der Waals surface area (Å²) in [5.74, 6) is 0. The van der Waals surface area contributed by atoms with Gasteiger partial charge in [0.1, 0.15) is 0 Å². The van der Waals surface area contributed by atoms with Gasteiger partial charge in [-0.25, -0.2) is 0 Å². The van der Waals surface area contributed by atoms with E-state index in [-0.39, 0.29) is 0 Å². The van der Waals surface area contributed by atoms with Crippen molar-refractivity contribution in [1.82, 2.24) is 0 Å². The van der Waals surface area contributed by atoms with E-state index >= 15 is 0 Å². The summed E-state index contributed by atoms with van der Waals surface area (Å²) in [4.78, 5) is 0. The van der Waals surface area contributed by atoms with Gasteiger partial charge in [-0.05, 0) is 0 Å². The third-order valence-corrected chi connectivity index (χ3v) is 7.09. The Morgan fingerprint density at radius 3 is 2.23 bits per heavy atom. The van der Waals surface area contributed by atoms with Gasteiger partial charge in [-0.1, -0.05) is 0 Å². The molecule has 1 aliphatic carbocycles. The molecule has 78 valence electrons. The van der Waals surface area contributed by atoms with Crippen molar-refractivity contribution in [2.75, 3.05) is 0 Å². The normalized spacial score (nSPS) is 21.0. The van der Waals surface area contributed by atoms with E-state index in [1.807, 2.05) is 0 Å². The first kappa shape index (κ1) is 11.9. The van der Waals surface area contributed by atoms with Crippen molar-refractivity contribution >= 4 is 20.9 Å². The summed E-state index contributed by atoms with van der Waals surface area (Å²) in [7, 11) is 0. The average molecular weight is 296 g/mol. The van der Waals surface area contributed by atoms with E-state index < -0.39 is 0 Å². The van der Waals surface area contributed by atoms with E-state index in [2.05, 4.69) is 6.92 Å². The molecule has 1 aliphatic rings. The second-order valence-corrected chi connectivity index (χ2v) is 8.21. The zero-order valence-electron chi connectivity index (χ0n) is 9.06. The molecule has 13 heavy (non-hydrogen) atoms. The first-order valence-corrected chi connectivity index (χ1v) is 9.04. The molecule has 0 N–H and O–H groups in total. The van der Waals surface area contributed by atoms with E-state index in [0.29, 0.717) is 20.9 Å². The van der Waals surface area contributed by atoms with Crippen molar-refractivity contribution in [2.45, 2.75) is 73.1 Å². The third-order valence-electron chi connectivity index (χ3n) is 2.90. The fourth-order valence-corrected chi connectivity index (χ4v) is 6.13. The van der Waals surface area contributed by atoms with E-state index in [1.54, 1.807) is 30.2 Å². The Morgan fingerprint density at radius 2 is 1.62 bits per heavy atom. The molecule has 0 atom stereocenters. The maximum atomic E-state index is 2.32. The quantitative estimate of drug-likeness (QED) is 0.531. The van der Waals surface area contributed by atoms with Crippen LogP contribution in [0, 0.1) is 0 Å². The maximum absolute atomic E-state index is 2.32. The molecule has 1 saturated carbocycles. The molecule has 0 aliphatic heterocycles. The van der Waals surface area contributed by atoms with E-state index in [9.17, 15) is 0 Å². The number of hydrogen-bond acceptors (Lipinski definition) is 0. The van der Waals surface area contributed by atoms with Gasteiger partial charge in [0.05, 0.1) is 0 Å². The second kappa shape index (κ2) is 8.13. The Labute approximate surface area is 94.0 Å². The Morgan fingerprint density at radius 1 is 1.00 bits per heavy atom. The molecule has 0 aromatic carbocycles. The van der Waals surface area contributed by atoms with Crippen LogP contribution in [0.15, 0.2) is 0 Å². The molecule has 0 amide bonds. The summed E-state index contributed by atoms with van der Waals surface area (Å²) in [6.07, 6.45) is 13.8. The molecule has 0 spiro atoms. The molecule has 0 saturated heterocycles. The van der Waals surface area contributed by atoms with Crippen LogP contribution in [0.25, 0.3) is 0 Å². The molecule has 0 aromatic rings. The molecule has 1 heteroatoms. The molecule has 0 heterocycles. The van der Waals surface area contributed by atoms with Crippen molar-refractivity contribution in [3.8, 4) is 0 Å². The molecule has 0 aromatic heterocycles. The molecular weight excluding hydrogens is 272 g/mol. The zero-order chi connectivity index (χ0) is 9.36.